The van der Waals surface area contributed by atoms with Crippen LogP contribution in [0.25, 0.3) is 0 Å². The van der Waals surface area contributed by atoms with Crippen LogP contribution in [0, 0.1) is 5.41 Å². The quantitative estimate of drug-likeness (QED) is 0.811. The van der Waals surface area contributed by atoms with Gasteiger partial charge >= 0.3 is 11.7 Å². The number of hydrogen-bond donors (Lipinski definition) is 1. The van der Waals surface area contributed by atoms with Gasteiger partial charge in [0.2, 0.25) is 0 Å². The summed E-state index contributed by atoms with van der Waals surface area (Å²) in [5.74, 6) is -1.05. The molecule has 1 aromatic heterocycles. The molecule has 0 aliphatic heterocycles. The lowest BCUT2D eigenvalue weighted by Crippen LogP contribution is -2.44. The summed E-state index contributed by atoms with van der Waals surface area (Å²) in [5, 5.41) is 8.99. The largest absolute Gasteiger partial charge is 0.481 e. The van der Waals surface area contributed by atoms with Crippen molar-refractivity contribution < 1.29 is 9.90 Å². The zero-order valence-corrected chi connectivity index (χ0v) is 10.1. The van der Waals surface area contributed by atoms with E-state index in [9.17, 15) is 14.4 Å². The third kappa shape index (κ3) is 2.64. The third-order valence-corrected chi connectivity index (χ3v) is 2.61. The fraction of sp³-hybridized carbons (Fsp3) is 0.545. The van der Waals surface area contributed by atoms with Gasteiger partial charge in [-0.1, -0.05) is 0 Å². The van der Waals surface area contributed by atoms with Crippen LogP contribution in [0.1, 0.15) is 20.8 Å². The van der Waals surface area contributed by atoms with E-state index in [-0.39, 0.29) is 6.54 Å². The number of carbonyl (C=O) groups is 1. The van der Waals surface area contributed by atoms with Crippen LogP contribution in [0.4, 0.5) is 0 Å². The van der Waals surface area contributed by atoms with Crippen molar-refractivity contribution in [1.29, 1.82) is 0 Å². The van der Waals surface area contributed by atoms with Gasteiger partial charge in [-0.15, -0.1) is 0 Å². The summed E-state index contributed by atoms with van der Waals surface area (Å²) in [4.78, 5) is 34.4. The third-order valence-electron chi connectivity index (χ3n) is 2.61. The Bertz CT molecular complexity index is 539. The molecule has 0 atom stereocenters. The fourth-order valence-corrected chi connectivity index (χ4v) is 1.41. The summed E-state index contributed by atoms with van der Waals surface area (Å²) >= 11 is 0. The number of rotatable bonds is 4. The van der Waals surface area contributed by atoms with Gasteiger partial charge in [-0.3, -0.25) is 14.2 Å². The average Bonchev–Trinajstić information content (AvgIpc) is 2.24. The lowest BCUT2D eigenvalue weighted by Gasteiger charge is -2.20. The lowest BCUT2D eigenvalue weighted by molar-refractivity contribution is -0.147. The van der Waals surface area contributed by atoms with Crippen molar-refractivity contribution >= 4 is 5.97 Å². The predicted octanol–water partition coefficient (Wildman–Crippen LogP) is 0.141. The SMILES string of the molecule is CCn1ccc(=O)n(CC(C)(C)C(=O)O)c1=O. The maximum Gasteiger partial charge on any atom is 0.330 e. The maximum atomic E-state index is 11.9. The molecular weight excluding hydrogens is 224 g/mol. The number of hydrogen-bond acceptors (Lipinski definition) is 3. The highest BCUT2D eigenvalue weighted by Gasteiger charge is 2.29. The number of aryl methyl sites for hydroxylation is 1. The second-order valence-electron chi connectivity index (χ2n) is 4.50. The van der Waals surface area contributed by atoms with Crippen molar-refractivity contribution in [3.8, 4) is 0 Å². The van der Waals surface area contributed by atoms with E-state index in [0.29, 0.717) is 6.54 Å². The minimum atomic E-state index is -1.16. The standard InChI is InChI=1S/C11H16N2O4/c1-4-12-6-5-8(14)13(10(12)17)7-11(2,3)9(15)16/h5-6H,4,7H2,1-3H3,(H,15,16). The first-order valence-corrected chi connectivity index (χ1v) is 5.33. The zero-order chi connectivity index (χ0) is 13.2. The van der Waals surface area contributed by atoms with Gasteiger partial charge < -0.3 is 9.67 Å². The monoisotopic (exact) mass is 240 g/mol. The number of carboxylic acid groups (broad SMARTS) is 1. The first-order valence-electron chi connectivity index (χ1n) is 5.33. The molecule has 0 fully saturated rings. The molecule has 94 valence electrons. The molecule has 1 heterocycles. The normalized spacial score (nSPS) is 11.5. The number of aliphatic carboxylic acids is 1. The zero-order valence-electron chi connectivity index (χ0n) is 10.1. The first-order chi connectivity index (χ1) is 7.79. The highest BCUT2D eigenvalue weighted by Crippen LogP contribution is 2.16. The second-order valence-corrected chi connectivity index (χ2v) is 4.50. The highest BCUT2D eigenvalue weighted by atomic mass is 16.4. The summed E-state index contributed by atoms with van der Waals surface area (Å²) in [6, 6.07) is 1.27. The number of carboxylic acids is 1. The fourth-order valence-electron chi connectivity index (χ4n) is 1.41. The van der Waals surface area contributed by atoms with Gasteiger partial charge in [0.15, 0.2) is 0 Å². The molecule has 0 spiro atoms. The van der Waals surface area contributed by atoms with Crippen LogP contribution in [0.3, 0.4) is 0 Å². The smallest absolute Gasteiger partial charge is 0.330 e. The van der Waals surface area contributed by atoms with Crippen molar-refractivity contribution in [1.82, 2.24) is 9.13 Å². The Morgan fingerprint density at radius 3 is 2.47 bits per heavy atom. The molecule has 6 nitrogen and oxygen atoms in total. The Kier molecular flexibility index (Phi) is 3.55. The van der Waals surface area contributed by atoms with Crippen LogP contribution in [0.15, 0.2) is 21.9 Å². The van der Waals surface area contributed by atoms with E-state index in [2.05, 4.69) is 0 Å². The lowest BCUT2D eigenvalue weighted by atomic mass is 9.94. The molecule has 0 aromatic carbocycles. The molecular formula is C11H16N2O4. The Morgan fingerprint density at radius 2 is 2.00 bits per heavy atom. The molecule has 1 aromatic rings. The second kappa shape index (κ2) is 4.57. The highest BCUT2D eigenvalue weighted by molar-refractivity contribution is 5.73. The minimum absolute atomic E-state index is 0.138. The first kappa shape index (κ1) is 13.2. The van der Waals surface area contributed by atoms with E-state index in [1.54, 1.807) is 6.92 Å². The van der Waals surface area contributed by atoms with E-state index < -0.39 is 22.6 Å². The van der Waals surface area contributed by atoms with Crippen LogP contribution < -0.4 is 11.2 Å². The number of nitrogens with zero attached hydrogens (tertiary/aromatic N) is 2. The molecule has 0 aliphatic carbocycles. The topological polar surface area (TPSA) is 81.3 Å². The Labute approximate surface area is 98.1 Å². The van der Waals surface area contributed by atoms with E-state index in [1.807, 2.05) is 0 Å². The van der Waals surface area contributed by atoms with Crippen LogP contribution in [-0.4, -0.2) is 20.2 Å². The molecule has 1 N–H and O–H groups in total. The Morgan fingerprint density at radius 1 is 1.41 bits per heavy atom. The van der Waals surface area contributed by atoms with Crippen molar-refractivity contribution in [2.24, 2.45) is 5.41 Å². The molecule has 0 aliphatic rings. The summed E-state index contributed by atoms with van der Waals surface area (Å²) in [7, 11) is 0. The summed E-state index contributed by atoms with van der Waals surface area (Å²) in [6.07, 6.45) is 1.41. The van der Waals surface area contributed by atoms with Crippen molar-refractivity contribution in [2.45, 2.75) is 33.9 Å². The van der Waals surface area contributed by atoms with Gasteiger partial charge in [0.25, 0.3) is 5.56 Å². The van der Waals surface area contributed by atoms with E-state index in [4.69, 9.17) is 5.11 Å². The van der Waals surface area contributed by atoms with Crippen molar-refractivity contribution in [3.63, 3.8) is 0 Å². The Hall–Kier alpha value is -1.85. The van der Waals surface area contributed by atoms with Crippen LogP contribution >= 0.6 is 0 Å². The molecule has 0 amide bonds. The van der Waals surface area contributed by atoms with Crippen LogP contribution in [0.2, 0.25) is 0 Å². The molecule has 17 heavy (non-hydrogen) atoms. The predicted molar refractivity (Wildman–Crippen MR) is 62.1 cm³/mol. The van der Waals surface area contributed by atoms with Gasteiger partial charge in [0, 0.05) is 25.4 Å². The Balaban J connectivity index is 3.29. The molecule has 6 heteroatoms. The molecule has 0 bridgehead atoms. The van der Waals surface area contributed by atoms with Gasteiger partial charge in [0.05, 0.1) is 5.41 Å². The molecule has 0 unspecified atom stereocenters. The molecule has 0 saturated heterocycles. The molecule has 0 radical (unpaired) electrons. The van der Waals surface area contributed by atoms with Crippen molar-refractivity contribution in [3.05, 3.63) is 33.1 Å². The number of aromatic nitrogens is 2. The van der Waals surface area contributed by atoms with Crippen LogP contribution in [-0.2, 0) is 17.9 Å². The summed E-state index contributed by atoms with van der Waals surface area (Å²) in [5.41, 5.74) is -2.11. The van der Waals surface area contributed by atoms with Crippen LogP contribution in [0.5, 0.6) is 0 Å². The summed E-state index contributed by atoms with van der Waals surface area (Å²) < 4.78 is 2.32. The van der Waals surface area contributed by atoms with Crippen molar-refractivity contribution in [2.75, 3.05) is 0 Å². The molecule has 1 rings (SSSR count). The van der Waals surface area contributed by atoms with Gasteiger partial charge in [-0.05, 0) is 20.8 Å². The molecule has 0 saturated carbocycles. The summed E-state index contributed by atoms with van der Waals surface area (Å²) in [6.45, 7) is 5.03. The average molecular weight is 240 g/mol. The van der Waals surface area contributed by atoms with Gasteiger partial charge in [0.1, 0.15) is 0 Å². The van der Waals surface area contributed by atoms with E-state index >= 15 is 0 Å². The van der Waals surface area contributed by atoms with Gasteiger partial charge in [-0.25, -0.2) is 4.79 Å². The van der Waals surface area contributed by atoms with E-state index in [1.165, 1.54) is 30.7 Å². The minimum Gasteiger partial charge on any atom is -0.481 e. The van der Waals surface area contributed by atoms with Gasteiger partial charge in [-0.2, -0.15) is 0 Å². The van der Waals surface area contributed by atoms with E-state index in [0.717, 1.165) is 4.57 Å². The maximum absolute atomic E-state index is 11.9.